The zero-order chi connectivity index (χ0) is 7.82. The molecule has 0 radical (unpaired) electrons. The average molecular weight is 143 g/mol. The summed E-state index contributed by atoms with van der Waals surface area (Å²) in [5.74, 6) is -0.643. The molecule has 4 nitrogen and oxygen atoms in total. The molecule has 0 aliphatic heterocycles. The van der Waals surface area contributed by atoms with E-state index in [1.165, 1.54) is 0 Å². The van der Waals surface area contributed by atoms with E-state index < -0.39 is 5.97 Å². The predicted molar refractivity (Wildman–Crippen MR) is 32.6 cm³/mol. The molecule has 0 rings (SSSR count). The fourth-order valence-corrected chi connectivity index (χ4v) is 0.285. The van der Waals surface area contributed by atoms with Gasteiger partial charge < -0.3 is 0 Å². The largest absolute Gasteiger partial charge is 0.356 e. The number of carbonyl (C=O) groups is 1. The third kappa shape index (κ3) is 5.06. The number of hydrogen-bond acceptors (Lipinski definition) is 4. The normalized spacial score (nSPS) is 8.40. The van der Waals surface area contributed by atoms with Gasteiger partial charge in [-0.1, -0.05) is 6.92 Å². The van der Waals surface area contributed by atoms with Gasteiger partial charge in [0, 0.05) is 0 Å². The van der Waals surface area contributed by atoms with E-state index in [9.17, 15) is 4.79 Å². The summed E-state index contributed by atoms with van der Waals surface area (Å²) in [6.45, 7) is 2.26. The minimum Gasteiger partial charge on any atom is -0.297 e. The molecule has 56 valence electrons. The zero-order valence-electron chi connectivity index (χ0n) is 5.79. The SMILES string of the molecule is CCCOOC(=O)CC#N. The van der Waals surface area contributed by atoms with Gasteiger partial charge in [-0.05, 0) is 6.42 Å². The second kappa shape index (κ2) is 6.05. The summed E-state index contributed by atoms with van der Waals surface area (Å²) in [6.07, 6.45) is 0.517. The van der Waals surface area contributed by atoms with Crippen LogP contribution in [0.3, 0.4) is 0 Å². The lowest BCUT2D eigenvalue weighted by molar-refractivity contribution is -0.271. The molecule has 0 heterocycles. The first-order valence-electron chi connectivity index (χ1n) is 3.00. The fourth-order valence-electron chi connectivity index (χ4n) is 0.285. The van der Waals surface area contributed by atoms with Gasteiger partial charge in [-0.2, -0.15) is 10.1 Å². The van der Waals surface area contributed by atoms with Gasteiger partial charge in [0.05, 0.1) is 12.7 Å². The van der Waals surface area contributed by atoms with Gasteiger partial charge in [0.25, 0.3) is 0 Å². The quantitative estimate of drug-likeness (QED) is 0.331. The van der Waals surface area contributed by atoms with Crippen LogP contribution in [0.1, 0.15) is 19.8 Å². The summed E-state index contributed by atoms with van der Waals surface area (Å²) in [4.78, 5) is 18.9. The van der Waals surface area contributed by atoms with Crippen LogP contribution >= 0.6 is 0 Å². The monoisotopic (exact) mass is 143 g/mol. The van der Waals surface area contributed by atoms with Crippen LogP contribution in [0.15, 0.2) is 0 Å². The van der Waals surface area contributed by atoms with Crippen molar-refractivity contribution in [1.29, 1.82) is 5.26 Å². The second-order valence-electron chi connectivity index (χ2n) is 1.61. The Kier molecular flexibility index (Phi) is 5.39. The number of nitrogens with zero attached hydrogens (tertiary/aromatic N) is 1. The lowest BCUT2D eigenvalue weighted by Gasteiger charge is -1.97. The topological polar surface area (TPSA) is 59.3 Å². The lowest BCUT2D eigenvalue weighted by atomic mass is 10.5. The molecule has 0 aromatic carbocycles. The van der Waals surface area contributed by atoms with E-state index in [1.807, 2.05) is 6.92 Å². The van der Waals surface area contributed by atoms with Crippen LogP contribution in [-0.2, 0) is 14.6 Å². The molecule has 0 bridgehead atoms. The number of rotatable bonds is 4. The highest BCUT2D eigenvalue weighted by Gasteiger charge is 2.00. The summed E-state index contributed by atoms with van der Waals surface area (Å²) in [7, 11) is 0. The van der Waals surface area contributed by atoms with E-state index >= 15 is 0 Å². The highest BCUT2D eigenvalue weighted by molar-refractivity contribution is 5.71. The van der Waals surface area contributed by atoms with E-state index in [0.29, 0.717) is 6.61 Å². The molecule has 0 aliphatic rings. The molecule has 0 aliphatic carbocycles. The van der Waals surface area contributed by atoms with Gasteiger partial charge in [0.2, 0.25) is 0 Å². The van der Waals surface area contributed by atoms with Crippen LogP contribution in [0.2, 0.25) is 0 Å². The van der Waals surface area contributed by atoms with Crippen LogP contribution in [0.5, 0.6) is 0 Å². The Balaban J connectivity index is 3.15. The smallest absolute Gasteiger partial charge is 0.297 e. The molecular weight excluding hydrogens is 134 g/mol. The van der Waals surface area contributed by atoms with Crippen LogP contribution in [0, 0.1) is 11.3 Å². The maximum Gasteiger partial charge on any atom is 0.356 e. The van der Waals surface area contributed by atoms with E-state index in [2.05, 4.69) is 9.78 Å². The third-order valence-electron chi connectivity index (χ3n) is 0.663. The molecule has 4 heteroatoms. The third-order valence-corrected chi connectivity index (χ3v) is 0.663. The summed E-state index contributed by atoms with van der Waals surface area (Å²) in [5, 5.41) is 7.99. The first-order chi connectivity index (χ1) is 4.81. The zero-order valence-corrected chi connectivity index (χ0v) is 5.79. The van der Waals surface area contributed by atoms with E-state index in [0.717, 1.165) is 6.42 Å². The minimum absolute atomic E-state index is 0.260. The highest BCUT2D eigenvalue weighted by atomic mass is 17.2. The number of hydrogen-bond donors (Lipinski definition) is 0. The summed E-state index contributed by atoms with van der Waals surface area (Å²) in [5.41, 5.74) is 0. The average Bonchev–Trinajstić information content (AvgIpc) is 1.89. The number of nitriles is 1. The molecule has 0 aromatic rings. The van der Waals surface area contributed by atoms with Gasteiger partial charge in [-0.15, -0.1) is 0 Å². The second-order valence-corrected chi connectivity index (χ2v) is 1.61. The van der Waals surface area contributed by atoms with Gasteiger partial charge in [0.1, 0.15) is 6.42 Å². The molecule has 0 saturated heterocycles. The minimum atomic E-state index is -0.643. The standard InChI is InChI=1S/C6H9NO3/c1-2-5-9-10-6(8)3-4-7/h2-3,5H2,1H3. The van der Waals surface area contributed by atoms with Crippen molar-refractivity contribution in [3.63, 3.8) is 0 Å². The van der Waals surface area contributed by atoms with Crippen molar-refractivity contribution in [3.05, 3.63) is 0 Å². The molecule has 10 heavy (non-hydrogen) atoms. The Morgan fingerprint density at radius 3 is 2.90 bits per heavy atom. The summed E-state index contributed by atoms with van der Waals surface area (Å²) < 4.78 is 0. The van der Waals surface area contributed by atoms with Crippen LogP contribution in [-0.4, -0.2) is 12.6 Å². The molecule has 0 saturated carbocycles. The van der Waals surface area contributed by atoms with E-state index in [1.54, 1.807) is 6.07 Å². The first-order valence-corrected chi connectivity index (χ1v) is 3.00. The summed E-state index contributed by atoms with van der Waals surface area (Å²) >= 11 is 0. The fraction of sp³-hybridized carbons (Fsp3) is 0.667. The van der Waals surface area contributed by atoms with Crippen molar-refractivity contribution in [2.24, 2.45) is 0 Å². The molecule has 0 fully saturated rings. The molecule has 0 atom stereocenters. The summed E-state index contributed by atoms with van der Waals surface area (Å²) in [6, 6.07) is 1.64. The van der Waals surface area contributed by atoms with Crippen molar-refractivity contribution in [1.82, 2.24) is 0 Å². The van der Waals surface area contributed by atoms with Gasteiger partial charge in [-0.3, -0.25) is 4.89 Å². The maximum absolute atomic E-state index is 10.3. The Hall–Kier alpha value is -1.08. The van der Waals surface area contributed by atoms with Crippen LogP contribution in [0.4, 0.5) is 0 Å². The van der Waals surface area contributed by atoms with Crippen molar-refractivity contribution >= 4 is 5.97 Å². The Morgan fingerprint density at radius 2 is 2.40 bits per heavy atom. The Labute approximate surface area is 59.3 Å². The van der Waals surface area contributed by atoms with Gasteiger partial charge >= 0.3 is 5.97 Å². The number of carbonyl (C=O) groups excluding carboxylic acids is 1. The van der Waals surface area contributed by atoms with Crippen molar-refractivity contribution in [3.8, 4) is 6.07 Å². The van der Waals surface area contributed by atoms with E-state index in [4.69, 9.17) is 5.26 Å². The van der Waals surface area contributed by atoms with E-state index in [-0.39, 0.29) is 6.42 Å². The Morgan fingerprint density at radius 1 is 1.70 bits per heavy atom. The van der Waals surface area contributed by atoms with Gasteiger partial charge in [0.15, 0.2) is 0 Å². The van der Waals surface area contributed by atoms with Crippen molar-refractivity contribution in [2.45, 2.75) is 19.8 Å². The molecule has 0 unspecified atom stereocenters. The van der Waals surface area contributed by atoms with Crippen molar-refractivity contribution < 1.29 is 14.6 Å². The van der Waals surface area contributed by atoms with Crippen molar-refractivity contribution in [2.75, 3.05) is 6.61 Å². The molecule has 0 amide bonds. The van der Waals surface area contributed by atoms with Crippen LogP contribution < -0.4 is 0 Å². The van der Waals surface area contributed by atoms with Gasteiger partial charge in [-0.25, -0.2) is 4.79 Å². The molecular formula is C6H9NO3. The Bertz CT molecular complexity index is 138. The predicted octanol–water partition coefficient (Wildman–Crippen LogP) is 0.785. The molecule has 0 aromatic heterocycles. The first kappa shape index (κ1) is 8.92. The van der Waals surface area contributed by atoms with Crippen LogP contribution in [0.25, 0.3) is 0 Å². The lowest BCUT2D eigenvalue weighted by Crippen LogP contribution is -2.04. The molecule has 0 spiro atoms. The molecule has 0 N–H and O–H groups in total. The maximum atomic E-state index is 10.3. The highest BCUT2D eigenvalue weighted by Crippen LogP contribution is 1.87.